The summed E-state index contributed by atoms with van der Waals surface area (Å²) in [6.45, 7) is 6.33. The van der Waals surface area contributed by atoms with E-state index in [0.29, 0.717) is 0 Å². The molecule has 4 heteroatoms. The molecule has 0 aliphatic rings. The Kier molecular flexibility index (Phi) is 5.30. The van der Waals surface area contributed by atoms with Gasteiger partial charge in [-0.05, 0) is 56.3 Å². The van der Waals surface area contributed by atoms with Gasteiger partial charge in [0, 0.05) is 23.2 Å². The summed E-state index contributed by atoms with van der Waals surface area (Å²) in [7, 11) is 0. The summed E-state index contributed by atoms with van der Waals surface area (Å²) in [6.07, 6.45) is 0. The van der Waals surface area contributed by atoms with Crippen LogP contribution in [0.1, 0.15) is 13.8 Å². The van der Waals surface area contributed by atoms with E-state index in [0.717, 1.165) is 28.9 Å². The van der Waals surface area contributed by atoms with Gasteiger partial charge in [-0.2, -0.15) is 10.2 Å². The second kappa shape index (κ2) is 7.20. The molecule has 0 aromatic heterocycles. The molecule has 104 valence electrons. The first-order chi connectivity index (χ1) is 9.72. The Hall–Kier alpha value is -1.68. The van der Waals surface area contributed by atoms with Crippen molar-refractivity contribution in [2.24, 2.45) is 10.2 Å². The lowest BCUT2D eigenvalue weighted by molar-refractivity contribution is 0.866. The maximum Gasteiger partial charge on any atom is 0.0868 e. The SMILES string of the molecule is CCN(CC)c1ccc(N=Nc2cccc(Br)c2)cc1. The van der Waals surface area contributed by atoms with E-state index in [4.69, 9.17) is 0 Å². The Labute approximate surface area is 128 Å². The summed E-state index contributed by atoms with van der Waals surface area (Å²) >= 11 is 3.42. The van der Waals surface area contributed by atoms with Gasteiger partial charge in [0.15, 0.2) is 0 Å². The molecule has 0 atom stereocenters. The molecule has 0 saturated carbocycles. The van der Waals surface area contributed by atoms with Crippen LogP contribution >= 0.6 is 15.9 Å². The molecule has 0 bridgehead atoms. The van der Waals surface area contributed by atoms with Gasteiger partial charge in [-0.3, -0.25) is 0 Å². The third kappa shape index (κ3) is 3.90. The van der Waals surface area contributed by atoms with Crippen molar-refractivity contribution in [3.63, 3.8) is 0 Å². The van der Waals surface area contributed by atoms with Crippen LogP contribution in [0.5, 0.6) is 0 Å². The van der Waals surface area contributed by atoms with Crippen molar-refractivity contribution in [2.45, 2.75) is 13.8 Å². The van der Waals surface area contributed by atoms with Gasteiger partial charge >= 0.3 is 0 Å². The van der Waals surface area contributed by atoms with Gasteiger partial charge in [-0.25, -0.2) is 0 Å². The number of hydrogen-bond acceptors (Lipinski definition) is 3. The number of nitrogens with zero attached hydrogens (tertiary/aromatic N) is 3. The lowest BCUT2D eigenvalue weighted by Gasteiger charge is -2.20. The zero-order valence-corrected chi connectivity index (χ0v) is 13.3. The van der Waals surface area contributed by atoms with Crippen molar-refractivity contribution in [1.82, 2.24) is 0 Å². The highest BCUT2D eigenvalue weighted by atomic mass is 79.9. The molecule has 2 rings (SSSR count). The summed E-state index contributed by atoms with van der Waals surface area (Å²) in [6, 6.07) is 15.9. The average molecular weight is 332 g/mol. The summed E-state index contributed by atoms with van der Waals surface area (Å²) in [5.41, 5.74) is 2.92. The van der Waals surface area contributed by atoms with Crippen molar-refractivity contribution in [3.8, 4) is 0 Å². The van der Waals surface area contributed by atoms with E-state index in [2.05, 4.69) is 57.0 Å². The molecule has 20 heavy (non-hydrogen) atoms. The maximum atomic E-state index is 4.26. The van der Waals surface area contributed by atoms with Crippen LogP contribution < -0.4 is 4.90 Å². The van der Waals surface area contributed by atoms with Crippen molar-refractivity contribution in [3.05, 3.63) is 53.0 Å². The number of azo groups is 1. The monoisotopic (exact) mass is 331 g/mol. The fraction of sp³-hybridized carbons (Fsp3) is 0.250. The second-order valence-electron chi connectivity index (χ2n) is 4.37. The maximum absolute atomic E-state index is 4.26. The number of benzene rings is 2. The lowest BCUT2D eigenvalue weighted by atomic mass is 10.2. The van der Waals surface area contributed by atoms with Crippen LogP contribution in [0.25, 0.3) is 0 Å². The Bertz CT molecular complexity index is 575. The summed E-state index contributed by atoms with van der Waals surface area (Å²) in [5, 5.41) is 8.49. The van der Waals surface area contributed by atoms with Crippen molar-refractivity contribution < 1.29 is 0 Å². The minimum Gasteiger partial charge on any atom is -0.372 e. The second-order valence-corrected chi connectivity index (χ2v) is 5.28. The van der Waals surface area contributed by atoms with Gasteiger partial charge in [0.25, 0.3) is 0 Å². The molecule has 0 saturated heterocycles. The first-order valence-electron chi connectivity index (χ1n) is 6.75. The molecule has 2 aromatic carbocycles. The van der Waals surface area contributed by atoms with E-state index in [1.54, 1.807) is 0 Å². The fourth-order valence-electron chi connectivity index (χ4n) is 1.97. The highest BCUT2D eigenvalue weighted by Crippen LogP contribution is 2.23. The largest absolute Gasteiger partial charge is 0.372 e. The lowest BCUT2D eigenvalue weighted by Crippen LogP contribution is -2.21. The van der Waals surface area contributed by atoms with E-state index < -0.39 is 0 Å². The minimum absolute atomic E-state index is 0.840. The first-order valence-corrected chi connectivity index (χ1v) is 7.54. The fourth-order valence-corrected chi connectivity index (χ4v) is 2.36. The molecule has 3 nitrogen and oxygen atoms in total. The molecule has 0 amide bonds. The highest BCUT2D eigenvalue weighted by Gasteiger charge is 2.00. The van der Waals surface area contributed by atoms with E-state index in [1.165, 1.54) is 5.69 Å². The Balaban J connectivity index is 2.11. The molecule has 0 fully saturated rings. The molecule has 0 heterocycles. The molecule has 0 N–H and O–H groups in total. The van der Waals surface area contributed by atoms with Crippen LogP contribution in [-0.4, -0.2) is 13.1 Å². The topological polar surface area (TPSA) is 28.0 Å². The quantitative estimate of drug-likeness (QED) is 0.644. The predicted octanol–water partition coefficient (Wildman–Crippen LogP) is 5.71. The van der Waals surface area contributed by atoms with Crippen LogP contribution in [0, 0.1) is 0 Å². The van der Waals surface area contributed by atoms with Crippen LogP contribution in [0.3, 0.4) is 0 Å². The number of rotatable bonds is 5. The molecular formula is C16H18BrN3. The average Bonchev–Trinajstić information content (AvgIpc) is 2.48. The summed E-state index contributed by atoms with van der Waals surface area (Å²) < 4.78 is 1.01. The third-order valence-electron chi connectivity index (χ3n) is 3.07. The Morgan fingerprint density at radius 2 is 1.55 bits per heavy atom. The van der Waals surface area contributed by atoms with Crippen LogP contribution in [0.15, 0.2) is 63.2 Å². The van der Waals surface area contributed by atoms with Crippen LogP contribution in [0.4, 0.5) is 17.1 Å². The molecule has 0 aliphatic heterocycles. The van der Waals surface area contributed by atoms with Gasteiger partial charge in [-0.15, -0.1) is 0 Å². The zero-order chi connectivity index (χ0) is 14.4. The Morgan fingerprint density at radius 1 is 0.900 bits per heavy atom. The number of anilines is 1. The van der Waals surface area contributed by atoms with Gasteiger partial charge in [0.05, 0.1) is 11.4 Å². The van der Waals surface area contributed by atoms with E-state index >= 15 is 0 Å². The van der Waals surface area contributed by atoms with Crippen molar-refractivity contribution >= 4 is 33.0 Å². The van der Waals surface area contributed by atoms with E-state index in [1.807, 2.05) is 36.4 Å². The first kappa shape index (κ1) is 14.7. The Morgan fingerprint density at radius 3 is 2.15 bits per heavy atom. The van der Waals surface area contributed by atoms with E-state index in [-0.39, 0.29) is 0 Å². The number of hydrogen-bond donors (Lipinski definition) is 0. The number of halogens is 1. The van der Waals surface area contributed by atoms with Gasteiger partial charge in [-0.1, -0.05) is 22.0 Å². The van der Waals surface area contributed by atoms with E-state index in [9.17, 15) is 0 Å². The van der Waals surface area contributed by atoms with Crippen molar-refractivity contribution in [1.29, 1.82) is 0 Å². The van der Waals surface area contributed by atoms with Crippen LogP contribution in [-0.2, 0) is 0 Å². The molecule has 2 aromatic rings. The summed E-state index contributed by atoms with van der Waals surface area (Å²) in [5.74, 6) is 0. The normalized spacial score (nSPS) is 10.9. The molecule has 0 spiro atoms. The highest BCUT2D eigenvalue weighted by molar-refractivity contribution is 9.10. The zero-order valence-electron chi connectivity index (χ0n) is 11.8. The smallest absolute Gasteiger partial charge is 0.0868 e. The molecule has 0 aliphatic carbocycles. The van der Waals surface area contributed by atoms with Gasteiger partial charge in [0.2, 0.25) is 0 Å². The standard InChI is InChI=1S/C16H18BrN3/c1-3-20(4-2)16-10-8-14(9-11-16)18-19-15-7-5-6-13(17)12-15/h5-12H,3-4H2,1-2H3. The predicted molar refractivity (Wildman–Crippen MR) is 88.3 cm³/mol. The molecule has 0 unspecified atom stereocenters. The molecular weight excluding hydrogens is 314 g/mol. The van der Waals surface area contributed by atoms with Crippen LogP contribution in [0.2, 0.25) is 0 Å². The molecule has 0 radical (unpaired) electrons. The summed E-state index contributed by atoms with van der Waals surface area (Å²) in [4.78, 5) is 2.30. The van der Waals surface area contributed by atoms with Gasteiger partial charge in [0.1, 0.15) is 0 Å². The van der Waals surface area contributed by atoms with Crippen molar-refractivity contribution in [2.75, 3.05) is 18.0 Å². The minimum atomic E-state index is 0.840. The third-order valence-corrected chi connectivity index (χ3v) is 3.56. The van der Waals surface area contributed by atoms with Gasteiger partial charge < -0.3 is 4.90 Å².